The van der Waals surface area contributed by atoms with E-state index in [1.54, 1.807) is 12.3 Å². The lowest BCUT2D eigenvalue weighted by Gasteiger charge is -2.02. The Bertz CT molecular complexity index is 735. The number of aromatic nitrogens is 1. The first kappa shape index (κ1) is 13.5. The Morgan fingerprint density at radius 1 is 1.25 bits per heavy atom. The number of amides is 1. The molecular weight excluding hydrogens is 258 g/mol. The van der Waals surface area contributed by atoms with Gasteiger partial charge in [0.1, 0.15) is 0 Å². The van der Waals surface area contributed by atoms with Crippen LogP contribution >= 0.6 is 0 Å². The van der Waals surface area contributed by atoms with E-state index in [0.717, 1.165) is 10.9 Å². The fourth-order valence-electron chi connectivity index (χ4n) is 2.05. The van der Waals surface area contributed by atoms with Gasteiger partial charge in [0.25, 0.3) is 5.91 Å². The van der Waals surface area contributed by atoms with Gasteiger partial charge in [-0.3, -0.25) is 4.79 Å². The number of carbonyl (C=O) groups excluding carboxylic acids is 1. The van der Waals surface area contributed by atoms with Crippen LogP contribution < -0.4 is 0 Å². The molecule has 0 fully saturated rings. The van der Waals surface area contributed by atoms with E-state index in [4.69, 9.17) is 11.1 Å². The Morgan fingerprint density at radius 3 is 2.80 bits per heavy atom. The van der Waals surface area contributed by atoms with Crippen molar-refractivity contribution >= 4 is 16.8 Å². The molecule has 8 heteroatoms. The predicted octanol–water partition coefficient (Wildman–Crippen LogP) is 3.79. The van der Waals surface area contributed by atoms with Gasteiger partial charge >= 0.3 is 0 Å². The normalized spacial score (nSPS) is 9.80. The maximum atomic E-state index is 11.7. The molecule has 0 radical (unpaired) electrons. The predicted molar refractivity (Wildman–Crippen MR) is 74.0 cm³/mol. The van der Waals surface area contributed by atoms with Crippen LogP contribution in [0.4, 0.5) is 0 Å². The molecule has 100 valence electrons. The topological polar surface area (TPSA) is 120 Å². The molecule has 0 saturated heterocycles. The summed E-state index contributed by atoms with van der Waals surface area (Å²) in [4.78, 5) is 17.0. The van der Waals surface area contributed by atoms with Gasteiger partial charge in [-0.25, -0.2) is 0 Å². The highest BCUT2D eigenvalue weighted by molar-refractivity contribution is 6.07. The van der Waals surface area contributed by atoms with Gasteiger partial charge in [-0.15, -0.1) is 0 Å². The van der Waals surface area contributed by atoms with Crippen LogP contribution in [0.25, 0.3) is 31.8 Å². The quantitative estimate of drug-likeness (QED) is 0.348. The lowest BCUT2D eigenvalue weighted by Crippen LogP contribution is -1.98. The summed E-state index contributed by atoms with van der Waals surface area (Å²) < 4.78 is 1.89. The van der Waals surface area contributed by atoms with E-state index in [9.17, 15) is 4.79 Å². The average Bonchev–Trinajstić information content (AvgIpc) is 2.83. The molecule has 1 amide bonds. The number of aryl methyl sites for hydroxylation is 1. The molecule has 8 nitrogen and oxygen atoms in total. The zero-order valence-electron chi connectivity index (χ0n) is 10.5. The van der Waals surface area contributed by atoms with Crippen LogP contribution in [0.15, 0.2) is 40.7 Å². The van der Waals surface area contributed by atoms with Crippen molar-refractivity contribution in [1.82, 2.24) is 4.57 Å². The van der Waals surface area contributed by atoms with Crippen LogP contribution in [0.3, 0.4) is 0 Å². The number of nitrogens with zero attached hydrogens (tertiary/aromatic N) is 7. The van der Waals surface area contributed by atoms with Gasteiger partial charge in [0.15, 0.2) is 0 Å². The number of fused-ring (bicyclic) bond motifs is 1. The van der Waals surface area contributed by atoms with Gasteiger partial charge in [-0.05, 0) is 28.7 Å². The van der Waals surface area contributed by atoms with E-state index in [0.29, 0.717) is 25.1 Å². The van der Waals surface area contributed by atoms with E-state index >= 15 is 0 Å². The van der Waals surface area contributed by atoms with E-state index in [1.807, 2.05) is 22.8 Å². The molecule has 0 aliphatic heterocycles. The number of hydrogen-bond donors (Lipinski definition) is 0. The summed E-state index contributed by atoms with van der Waals surface area (Å²) in [5.41, 5.74) is 17.8. The van der Waals surface area contributed by atoms with E-state index < -0.39 is 5.91 Å². The smallest absolute Gasteiger partial charge is 0.251 e. The summed E-state index contributed by atoms with van der Waals surface area (Å²) >= 11 is 0. The van der Waals surface area contributed by atoms with Gasteiger partial charge < -0.3 is 4.57 Å². The summed E-state index contributed by atoms with van der Waals surface area (Å²) in [5.74, 6) is -0.600. The van der Waals surface area contributed by atoms with E-state index in [1.165, 1.54) is 0 Å². The largest absolute Gasteiger partial charge is 0.347 e. The summed E-state index contributed by atoms with van der Waals surface area (Å²) in [6, 6.07) is 7.38. The van der Waals surface area contributed by atoms with Crippen molar-refractivity contribution in [2.75, 3.05) is 6.54 Å². The molecule has 2 rings (SSSR count). The van der Waals surface area contributed by atoms with Gasteiger partial charge in [0.2, 0.25) is 0 Å². The molecule has 0 saturated carbocycles. The second-order valence-electron chi connectivity index (χ2n) is 4.06. The van der Waals surface area contributed by atoms with Crippen LogP contribution in [0.2, 0.25) is 0 Å². The van der Waals surface area contributed by atoms with Crippen LogP contribution in [-0.4, -0.2) is 17.0 Å². The number of para-hydroxylation sites is 1. The Morgan fingerprint density at radius 2 is 2.05 bits per heavy atom. The third kappa shape index (κ3) is 2.72. The van der Waals surface area contributed by atoms with Crippen LogP contribution in [0, 0.1) is 0 Å². The molecule has 2 aromatic rings. The third-order valence-corrected chi connectivity index (χ3v) is 2.87. The fourth-order valence-corrected chi connectivity index (χ4v) is 2.05. The van der Waals surface area contributed by atoms with Crippen molar-refractivity contribution in [3.8, 4) is 0 Å². The van der Waals surface area contributed by atoms with Gasteiger partial charge in [-0.2, -0.15) is 0 Å². The Kier molecular flexibility index (Phi) is 4.24. The van der Waals surface area contributed by atoms with Crippen LogP contribution in [0.5, 0.6) is 0 Å². The molecule has 0 atom stereocenters. The van der Waals surface area contributed by atoms with Gasteiger partial charge in [0, 0.05) is 45.6 Å². The molecule has 0 N–H and O–H groups in total. The minimum absolute atomic E-state index is 0.377. The number of hydrogen-bond acceptors (Lipinski definition) is 2. The molecule has 0 spiro atoms. The SMILES string of the molecule is [N-]=[N+]=NCCCn1cc(C(=O)N=[N+]=[N-])c2ccccc21. The van der Waals surface area contributed by atoms with Crippen molar-refractivity contribution in [2.24, 2.45) is 10.2 Å². The van der Waals surface area contributed by atoms with Crippen molar-refractivity contribution in [1.29, 1.82) is 0 Å². The first-order chi connectivity index (χ1) is 9.77. The first-order valence-corrected chi connectivity index (χ1v) is 5.96. The fraction of sp³-hybridized carbons (Fsp3) is 0.250. The van der Waals surface area contributed by atoms with Gasteiger partial charge in [0.05, 0.1) is 0 Å². The van der Waals surface area contributed by atoms with Crippen molar-refractivity contribution in [3.63, 3.8) is 0 Å². The molecule has 0 unspecified atom stereocenters. The van der Waals surface area contributed by atoms with Crippen molar-refractivity contribution < 1.29 is 4.79 Å². The zero-order chi connectivity index (χ0) is 14.4. The van der Waals surface area contributed by atoms with Gasteiger partial charge in [-0.1, -0.05) is 23.3 Å². The molecule has 0 bridgehead atoms. The van der Waals surface area contributed by atoms with Crippen molar-refractivity contribution in [3.05, 3.63) is 56.9 Å². The highest BCUT2D eigenvalue weighted by Gasteiger charge is 2.13. The lowest BCUT2D eigenvalue weighted by molar-refractivity contribution is 0.100. The highest BCUT2D eigenvalue weighted by atomic mass is 16.1. The van der Waals surface area contributed by atoms with E-state index in [-0.39, 0.29) is 0 Å². The number of rotatable bonds is 5. The molecule has 20 heavy (non-hydrogen) atoms. The summed E-state index contributed by atoms with van der Waals surface area (Å²) in [7, 11) is 0. The van der Waals surface area contributed by atoms with Crippen LogP contribution in [0.1, 0.15) is 16.8 Å². The Hall–Kier alpha value is -2.95. The molecule has 1 aromatic carbocycles. The monoisotopic (exact) mass is 269 g/mol. The maximum Gasteiger partial charge on any atom is 0.251 e. The average molecular weight is 269 g/mol. The minimum Gasteiger partial charge on any atom is -0.347 e. The number of azide groups is 2. The highest BCUT2D eigenvalue weighted by Crippen LogP contribution is 2.22. The molecule has 1 heterocycles. The zero-order valence-corrected chi connectivity index (χ0v) is 10.5. The second kappa shape index (κ2) is 6.29. The minimum atomic E-state index is -0.600. The maximum absolute atomic E-state index is 11.7. The summed E-state index contributed by atoms with van der Waals surface area (Å²) in [6.07, 6.45) is 2.33. The Balaban J connectivity index is 2.37. The lowest BCUT2D eigenvalue weighted by atomic mass is 10.2. The Labute approximate surface area is 113 Å². The molecule has 0 aliphatic carbocycles. The van der Waals surface area contributed by atoms with E-state index in [2.05, 4.69) is 20.1 Å². The standard InChI is InChI=1S/C12H11N7O/c13-17-15-6-3-7-19-8-10(12(20)16-18-14)9-4-1-2-5-11(9)19/h1-2,4-5,8H,3,6-7H2. The van der Waals surface area contributed by atoms with Crippen molar-refractivity contribution in [2.45, 2.75) is 13.0 Å². The number of benzene rings is 1. The second-order valence-corrected chi connectivity index (χ2v) is 4.06. The number of carbonyl (C=O) groups is 1. The molecular formula is C12H11N7O. The first-order valence-electron chi connectivity index (χ1n) is 5.96. The molecule has 1 aromatic heterocycles. The summed E-state index contributed by atoms with van der Waals surface area (Å²) in [5, 5.41) is 7.35. The summed E-state index contributed by atoms with van der Waals surface area (Å²) in [6.45, 7) is 1.01. The third-order valence-electron chi connectivity index (χ3n) is 2.87. The van der Waals surface area contributed by atoms with Crippen LogP contribution in [-0.2, 0) is 6.54 Å². The molecule has 0 aliphatic rings.